The fourth-order valence-corrected chi connectivity index (χ4v) is 1.36. The molecule has 0 aliphatic rings. The van der Waals surface area contributed by atoms with E-state index in [2.05, 4.69) is 38.3 Å². The summed E-state index contributed by atoms with van der Waals surface area (Å²) in [5.74, 6) is 2.58. The van der Waals surface area contributed by atoms with E-state index in [-0.39, 0.29) is 0 Å². The van der Waals surface area contributed by atoms with E-state index >= 15 is 0 Å². The smallest absolute Gasteiger partial charge is 0.0270 e. The molecule has 0 bridgehead atoms. The Hall–Kier alpha value is -2.26. The van der Waals surface area contributed by atoms with Gasteiger partial charge in [0.15, 0.2) is 0 Å². The summed E-state index contributed by atoms with van der Waals surface area (Å²) < 4.78 is 0. The van der Waals surface area contributed by atoms with Gasteiger partial charge in [-0.1, -0.05) is 56.7 Å². The zero-order valence-electron chi connectivity index (χ0n) is 12.0. The van der Waals surface area contributed by atoms with Crippen LogP contribution in [-0.2, 0) is 0 Å². The Bertz CT molecular complexity index is 511. The maximum atomic E-state index is 5.24. The highest BCUT2D eigenvalue weighted by molar-refractivity contribution is 5.52. The molecule has 0 radical (unpaired) electrons. The van der Waals surface area contributed by atoms with E-state index in [4.69, 9.17) is 6.42 Å². The molecule has 0 aliphatic heterocycles. The Morgan fingerprint density at radius 2 is 1.79 bits per heavy atom. The molecule has 0 N–H and O–H groups in total. The molecule has 0 unspecified atom stereocenters. The van der Waals surface area contributed by atoms with Crippen LogP contribution in [0.1, 0.15) is 20.3 Å². The van der Waals surface area contributed by atoms with Gasteiger partial charge in [0.05, 0.1) is 0 Å². The molecule has 0 aromatic carbocycles. The van der Waals surface area contributed by atoms with Gasteiger partial charge in [-0.25, -0.2) is 0 Å². The molecular formula is C19H22. The maximum Gasteiger partial charge on any atom is 0.0270 e. The summed E-state index contributed by atoms with van der Waals surface area (Å²) in [6.07, 6.45) is 15.4. The monoisotopic (exact) mass is 250 g/mol. The van der Waals surface area contributed by atoms with Crippen molar-refractivity contribution >= 4 is 0 Å². The van der Waals surface area contributed by atoms with E-state index in [1.54, 1.807) is 6.08 Å². The van der Waals surface area contributed by atoms with E-state index in [0.717, 1.165) is 27.9 Å². The lowest BCUT2D eigenvalue weighted by Gasteiger charge is -2.07. The molecule has 0 atom stereocenters. The van der Waals surface area contributed by atoms with Crippen LogP contribution in [0.25, 0.3) is 0 Å². The van der Waals surface area contributed by atoms with Crippen LogP contribution in [-0.4, -0.2) is 0 Å². The van der Waals surface area contributed by atoms with Gasteiger partial charge in [0.2, 0.25) is 0 Å². The fraction of sp³-hybridized carbons (Fsp3) is 0.158. The predicted molar refractivity (Wildman–Crippen MR) is 87.7 cm³/mol. The zero-order valence-corrected chi connectivity index (χ0v) is 12.0. The summed E-state index contributed by atoms with van der Waals surface area (Å²) >= 11 is 0. The average molecular weight is 250 g/mol. The van der Waals surface area contributed by atoms with E-state index in [0.29, 0.717) is 6.42 Å². The molecule has 0 amide bonds. The summed E-state index contributed by atoms with van der Waals surface area (Å²) in [6, 6.07) is 0. The average Bonchev–Trinajstić information content (AvgIpc) is 2.43. The lowest BCUT2D eigenvalue weighted by molar-refractivity contribution is 1.35. The SMILES string of the molecule is C#CC\C=C/C(/C=C(\C)C(=C)C(=C)C=C)=C(/C)C=C. The molecule has 0 fully saturated rings. The highest BCUT2D eigenvalue weighted by atomic mass is 14.1. The molecular weight excluding hydrogens is 228 g/mol. The molecule has 0 nitrogen and oxygen atoms in total. The largest absolute Gasteiger partial charge is 0.120 e. The third kappa shape index (κ3) is 5.75. The molecule has 0 aromatic heterocycles. The predicted octanol–water partition coefficient (Wildman–Crippen LogP) is 5.31. The topological polar surface area (TPSA) is 0 Å². The fourth-order valence-electron chi connectivity index (χ4n) is 1.36. The summed E-state index contributed by atoms with van der Waals surface area (Å²) in [7, 11) is 0. The Morgan fingerprint density at radius 3 is 2.26 bits per heavy atom. The molecule has 0 spiro atoms. The molecule has 98 valence electrons. The summed E-state index contributed by atoms with van der Waals surface area (Å²) in [6.45, 7) is 19.4. The minimum atomic E-state index is 0.612. The van der Waals surface area contributed by atoms with Gasteiger partial charge in [-0.15, -0.1) is 12.3 Å². The number of hydrogen-bond donors (Lipinski definition) is 0. The quantitative estimate of drug-likeness (QED) is 0.424. The minimum absolute atomic E-state index is 0.612. The molecule has 0 heterocycles. The van der Waals surface area contributed by atoms with Gasteiger partial charge in [-0.2, -0.15) is 0 Å². The number of allylic oxidation sites excluding steroid dienone is 10. The Labute approximate surface area is 117 Å². The van der Waals surface area contributed by atoms with Crippen molar-refractivity contribution in [1.82, 2.24) is 0 Å². The van der Waals surface area contributed by atoms with Gasteiger partial charge in [0, 0.05) is 6.42 Å². The van der Waals surface area contributed by atoms with Crippen LogP contribution in [0.4, 0.5) is 0 Å². The van der Waals surface area contributed by atoms with Gasteiger partial charge in [0.25, 0.3) is 0 Å². The van der Waals surface area contributed by atoms with Crippen molar-refractivity contribution in [3.63, 3.8) is 0 Å². The van der Waals surface area contributed by atoms with Crippen molar-refractivity contribution in [2.45, 2.75) is 20.3 Å². The van der Waals surface area contributed by atoms with Gasteiger partial charge in [-0.05, 0) is 41.7 Å². The third-order valence-electron chi connectivity index (χ3n) is 2.78. The lowest BCUT2D eigenvalue weighted by Crippen LogP contribution is -1.88. The van der Waals surface area contributed by atoms with Gasteiger partial charge < -0.3 is 0 Å². The van der Waals surface area contributed by atoms with Gasteiger partial charge >= 0.3 is 0 Å². The second kappa shape index (κ2) is 8.78. The van der Waals surface area contributed by atoms with Crippen molar-refractivity contribution in [2.75, 3.05) is 0 Å². The highest BCUT2D eigenvalue weighted by Gasteiger charge is 2.01. The van der Waals surface area contributed by atoms with Crippen LogP contribution in [0.2, 0.25) is 0 Å². The number of rotatable bonds is 7. The first-order valence-electron chi connectivity index (χ1n) is 6.10. The van der Waals surface area contributed by atoms with Crippen molar-refractivity contribution in [1.29, 1.82) is 0 Å². The minimum Gasteiger partial charge on any atom is -0.120 e. The molecule has 0 aliphatic carbocycles. The zero-order chi connectivity index (χ0) is 14.8. The standard InChI is InChI=1S/C19H22/c1-8-11-12-13-19(16(5)10-3)14-17(6)18(7)15(4)9-2/h1,9-10,12-14H,2-4,7,11H2,5-6H3/b13-12-,17-14+,19-16+. The second-order valence-electron chi connectivity index (χ2n) is 4.19. The van der Waals surface area contributed by atoms with Crippen LogP contribution in [0.3, 0.4) is 0 Å². The lowest BCUT2D eigenvalue weighted by atomic mass is 9.98. The van der Waals surface area contributed by atoms with Crippen molar-refractivity contribution in [2.24, 2.45) is 0 Å². The van der Waals surface area contributed by atoms with E-state index < -0.39 is 0 Å². The molecule has 0 rings (SSSR count). The van der Waals surface area contributed by atoms with Crippen molar-refractivity contribution < 1.29 is 0 Å². The summed E-state index contributed by atoms with van der Waals surface area (Å²) in [4.78, 5) is 0. The highest BCUT2D eigenvalue weighted by Crippen LogP contribution is 2.20. The van der Waals surface area contributed by atoms with Crippen LogP contribution in [0, 0.1) is 12.3 Å². The second-order valence-corrected chi connectivity index (χ2v) is 4.19. The first kappa shape index (κ1) is 16.7. The Kier molecular flexibility index (Phi) is 7.73. The van der Waals surface area contributed by atoms with Crippen LogP contribution in [0.15, 0.2) is 84.6 Å². The normalized spacial score (nSPS) is 12.6. The first-order valence-corrected chi connectivity index (χ1v) is 6.10. The summed E-state index contributed by atoms with van der Waals surface area (Å²) in [5, 5.41) is 0. The Morgan fingerprint density at radius 1 is 1.16 bits per heavy atom. The van der Waals surface area contributed by atoms with Gasteiger partial charge in [0.1, 0.15) is 0 Å². The summed E-state index contributed by atoms with van der Waals surface area (Å²) in [5.41, 5.74) is 4.92. The van der Waals surface area contributed by atoms with Crippen molar-refractivity contribution in [3.05, 3.63) is 84.6 Å². The molecule has 19 heavy (non-hydrogen) atoms. The van der Waals surface area contributed by atoms with Crippen LogP contribution >= 0.6 is 0 Å². The third-order valence-corrected chi connectivity index (χ3v) is 2.78. The molecule has 0 heteroatoms. The van der Waals surface area contributed by atoms with Gasteiger partial charge in [-0.3, -0.25) is 0 Å². The molecule has 0 saturated heterocycles. The number of hydrogen-bond acceptors (Lipinski definition) is 0. The van der Waals surface area contributed by atoms with Crippen molar-refractivity contribution in [3.8, 4) is 12.3 Å². The van der Waals surface area contributed by atoms with E-state index in [1.807, 2.05) is 32.1 Å². The van der Waals surface area contributed by atoms with E-state index in [9.17, 15) is 0 Å². The maximum absolute atomic E-state index is 5.24. The number of terminal acetylenes is 1. The van der Waals surface area contributed by atoms with Crippen LogP contribution in [0.5, 0.6) is 0 Å². The van der Waals surface area contributed by atoms with Crippen LogP contribution < -0.4 is 0 Å². The van der Waals surface area contributed by atoms with E-state index in [1.165, 1.54) is 0 Å². The molecule has 0 aromatic rings. The first-order chi connectivity index (χ1) is 8.97. The molecule has 0 saturated carbocycles. The Balaban J connectivity index is 5.40.